The lowest BCUT2D eigenvalue weighted by molar-refractivity contribution is 0.371. The number of nitrogens with one attached hydrogen (secondary N) is 1. The van der Waals surface area contributed by atoms with Crippen LogP contribution in [0.1, 0.15) is 49.1 Å². The van der Waals surface area contributed by atoms with Crippen LogP contribution in [0.5, 0.6) is 0 Å². The Balaban J connectivity index is 1.54. The zero-order valence-corrected chi connectivity index (χ0v) is 13.0. The first-order valence-electron chi connectivity index (χ1n) is 8.66. The molecule has 112 valence electrons. The minimum atomic E-state index is 0.535. The summed E-state index contributed by atoms with van der Waals surface area (Å²) in [5.41, 5.74) is 2.86. The van der Waals surface area contributed by atoms with Gasteiger partial charge in [-0.25, -0.2) is 0 Å². The fraction of sp³-hybridized carbons (Fsp3) is 0.381. The van der Waals surface area contributed by atoms with E-state index in [1.807, 2.05) is 0 Å². The van der Waals surface area contributed by atoms with E-state index in [2.05, 4.69) is 66.0 Å². The number of rotatable bonds is 4. The molecule has 1 heteroatoms. The Labute approximate surface area is 133 Å². The first-order chi connectivity index (χ1) is 10.9. The molecule has 2 aromatic rings. The molecule has 0 aliphatic heterocycles. The monoisotopic (exact) mass is 290 g/mol. The molecular weight excluding hydrogens is 266 g/mol. The highest BCUT2D eigenvalue weighted by molar-refractivity contribution is 5.55. The van der Waals surface area contributed by atoms with Gasteiger partial charge in [-0.2, -0.15) is 0 Å². The van der Waals surface area contributed by atoms with E-state index >= 15 is 0 Å². The first-order valence-corrected chi connectivity index (χ1v) is 8.66. The fourth-order valence-electron chi connectivity index (χ4n) is 3.99. The average Bonchev–Trinajstić information content (AvgIpc) is 3.31. The standard InChI is InChI=1S/C21H24N/c1-4-10-16(11-5-1)19-20(17-12-6-2-7-13-17)21(19)22-18-14-8-3-9-15-18/h1-2,4-7,10-13,18-19,21-22H,3,8-9,14-15H2/q+1. The molecule has 2 fully saturated rings. The molecule has 1 N–H and O–H groups in total. The van der Waals surface area contributed by atoms with Crippen molar-refractivity contribution in [2.45, 2.75) is 50.1 Å². The second kappa shape index (κ2) is 6.18. The minimum absolute atomic E-state index is 0.535. The van der Waals surface area contributed by atoms with E-state index in [-0.39, 0.29) is 0 Å². The number of benzene rings is 2. The second-order valence-corrected chi connectivity index (χ2v) is 6.69. The van der Waals surface area contributed by atoms with Crippen LogP contribution in [0.25, 0.3) is 0 Å². The number of hydrogen-bond acceptors (Lipinski definition) is 1. The van der Waals surface area contributed by atoms with E-state index in [9.17, 15) is 0 Å². The van der Waals surface area contributed by atoms with E-state index in [0.29, 0.717) is 18.0 Å². The van der Waals surface area contributed by atoms with Crippen LogP contribution in [0.15, 0.2) is 60.7 Å². The van der Waals surface area contributed by atoms with Gasteiger partial charge in [0, 0.05) is 18.2 Å². The van der Waals surface area contributed by atoms with Crippen LogP contribution >= 0.6 is 0 Å². The molecular formula is C21H24N+. The Morgan fingerprint density at radius 3 is 2.09 bits per heavy atom. The van der Waals surface area contributed by atoms with Crippen LogP contribution < -0.4 is 5.32 Å². The lowest BCUT2D eigenvalue weighted by Gasteiger charge is -2.22. The molecule has 2 unspecified atom stereocenters. The molecule has 0 bridgehead atoms. The summed E-state index contributed by atoms with van der Waals surface area (Å²) >= 11 is 0. The summed E-state index contributed by atoms with van der Waals surface area (Å²) in [5.74, 6) is 2.14. The van der Waals surface area contributed by atoms with Crippen LogP contribution in [0.2, 0.25) is 0 Å². The zero-order valence-electron chi connectivity index (χ0n) is 13.0. The van der Waals surface area contributed by atoms with Crippen molar-refractivity contribution in [2.75, 3.05) is 0 Å². The van der Waals surface area contributed by atoms with Gasteiger partial charge in [0.15, 0.2) is 0 Å². The van der Waals surface area contributed by atoms with Gasteiger partial charge in [0.25, 0.3) is 0 Å². The van der Waals surface area contributed by atoms with Gasteiger partial charge in [0.1, 0.15) is 5.56 Å². The highest BCUT2D eigenvalue weighted by Gasteiger charge is 2.58. The van der Waals surface area contributed by atoms with Crippen molar-refractivity contribution in [2.24, 2.45) is 0 Å². The third-order valence-corrected chi connectivity index (χ3v) is 5.18. The van der Waals surface area contributed by atoms with Crippen LogP contribution in [-0.4, -0.2) is 12.1 Å². The molecule has 2 atom stereocenters. The van der Waals surface area contributed by atoms with Crippen molar-refractivity contribution >= 4 is 0 Å². The predicted octanol–water partition coefficient (Wildman–Crippen LogP) is 4.70. The van der Waals surface area contributed by atoms with Gasteiger partial charge in [0.05, 0.1) is 17.9 Å². The molecule has 2 aliphatic rings. The van der Waals surface area contributed by atoms with E-state index < -0.39 is 0 Å². The van der Waals surface area contributed by atoms with E-state index in [0.717, 1.165) is 0 Å². The van der Waals surface area contributed by atoms with Crippen LogP contribution in [-0.2, 0) is 0 Å². The summed E-state index contributed by atoms with van der Waals surface area (Å²) in [5, 5.41) is 3.95. The first kappa shape index (κ1) is 13.9. The molecule has 1 nitrogen and oxygen atoms in total. The summed E-state index contributed by atoms with van der Waals surface area (Å²) in [6.45, 7) is 0. The molecule has 0 heterocycles. The second-order valence-electron chi connectivity index (χ2n) is 6.69. The molecule has 0 radical (unpaired) electrons. The summed E-state index contributed by atoms with van der Waals surface area (Å²) in [6, 6.07) is 23.2. The van der Waals surface area contributed by atoms with Gasteiger partial charge in [-0.05, 0) is 36.6 Å². The maximum atomic E-state index is 3.95. The van der Waals surface area contributed by atoms with Gasteiger partial charge < -0.3 is 0 Å². The molecule has 0 saturated heterocycles. The Hall–Kier alpha value is -1.73. The van der Waals surface area contributed by atoms with E-state index in [4.69, 9.17) is 0 Å². The van der Waals surface area contributed by atoms with Gasteiger partial charge in [-0.15, -0.1) is 0 Å². The third-order valence-electron chi connectivity index (χ3n) is 5.18. The van der Waals surface area contributed by atoms with Crippen molar-refractivity contribution in [3.8, 4) is 0 Å². The quantitative estimate of drug-likeness (QED) is 0.805. The van der Waals surface area contributed by atoms with Crippen molar-refractivity contribution in [1.82, 2.24) is 5.32 Å². The molecule has 0 spiro atoms. The summed E-state index contributed by atoms with van der Waals surface area (Å²) in [7, 11) is 0. The van der Waals surface area contributed by atoms with Gasteiger partial charge >= 0.3 is 0 Å². The van der Waals surface area contributed by atoms with Gasteiger partial charge in [-0.3, -0.25) is 5.32 Å². The average molecular weight is 290 g/mol. The van der Waals surface area contributed by atoms with Crippen molar-refractivity contribution in [3.63, 3.8) is 0 Å². The van der Waals surface area contributed by atoms with E-state index in [1.165, 1.54) is 43.2 Å². The molecule has 2 saturated carbocycles. The Bertz CT molecular complexity index is 540. The highest BCUT2D eigenvalue weighted by Crippen LogP contribution is 2.54. The molecule has 22 heavy (non-hydrogen) atoms. The Kier molecular flexibility index (Phi) is 3.90. The van der Waals surface area contributed by atoms with Crippen molar-refractivity contribution in [1.29, 1.82) is 0 Å². The predicted molar refractivity (Wildman–Crippen MR) is 91.8 cm³/mol. The Morgan fingerprint density at radius 2 is 1.41 bits per heavy atom. The fourth-order valence-corrected chi connectivity index (χ4v) is 3.99. The minimum Gasteiger partial charge on any atom is -0.295 e. The maximum absolute atomic E-state index is 3.95. The summed E-state index contributed by atoms with van der Waals surface area (Å²) in [6.07, 6.45) is 6.89. The third kappa shape index (κ3) is 2.78. The molecule has 2 aliphatic carbocycles. The molecule has 4 rings (SSSR count). The van der Waals surface area contributed by atoms with Crippen molar-refractivity contribution < 1.29 is 0 Å². The maximum Gasteiger partial charge on any atom is 0.135 e. The molecule has 0 amide bonds. The van der Waals surface area contributed by atoms with E-state index in [1.54, 1.807) is 5.92 Å². The smallest absolute Gasteiger partial charge is 0.135 e. The molecule has 0 aromatic heterocycles. The largest absolute Gasteiger partial charge is 0.295 e. The van der Waals surface area contributed by atoms with Crippen LogP contribution in [0.3, 0.4) is 0 Å². The summed E-state index contributed by atoms with van der Waals surface area (Å²) < 4.78 is 0. The normalized spacial score (nSPS) is 25.2. The van der Waals surface area contributed by atoms with Gasteiger partial charge in [-0.1, -0.05) is 49.6 Å². The topological polar surface area (TPSA) is 12.0 Å². The Morgan fingerprint density at radius 1 is 0.773 bits per heavy atom. The lowest BCUT2D eigenvalue weighted by Crippen LogP contribution is -2.34. The lowest BCUT2D eigenvalue weighted by atomic mass is 9.95. The number of hydrogen-bond donors (Lipinski definition) is 1. The van der Waals surface area contributed by atoms with Crippen LogP contribution in [0, 0.1) is 5.92 Å². The molecule has 2 aromatic carbocycles. The van der Waals surface area contributed by atoms with Crippen molar-refractivity contribution in [3.05, 3.63) is 77.7 Å². The highest BCUT2D eigenvalue weighted by atomic mass is 15.0. The summed E-state index contributed by atoms with van der Waals surface area (Å²) in [4.78, 5) is 0. The van der Waals surface area contributed by atoms with Gasteiger partial charge in [0.2, 0.25) is 0 Å². The van der Waals surface area contributed by atoms with Crippen LogP contribution in [0.4, 0.5) is 0 Å². The zero-order chi connectivity index (χ0) is 14.8. The SMILES string of the molecule is c1ccc([C+]2C(NC3CCCCC3)C2c2ccccc2)cc1.